The van der Waals surface area contributed by atoms with Gasteiger partial charge < -0.3 is 19.1 Å². The second-order valence-electron chi connectivity index (χ2n) is 7.94. The van der Waals surface area contributed by atoms with Crippen LogP contribution in [0.3, 0.4) is 0 Å². The summed E-state index contributed by atoms with van der Waals surface area (Å²) in [6, 6.07) is 15.5. The molecule has 0 saturated carbocycles. The summed E-state index contributed by atoms with van der Waals surface area (Å²) < 4.78 is 7.51. The molecule has 7 heteroatoms. The monoisotopic (exact) mass is 434 g/mol. The Balaban J connectivity index is 1.63. The number of carbonyl (C=O) groups is 2. The topological polar surface area (TPSA) is 67.7 Å². The molecule has 0 aliphatic carbocycles. The van der Waals surface area contributed by atoms with E-state index in [0.717, 1.165) is 28.3 Å². The number of hydrogen-bond acceptors (Lipinski definition) is 4. The minimum Gasteiger partial charge on any atom is -0.494 e. The molecular weight excluding hydrogens is 404 g/mol. The van der Waals surface area contributed by atoms with Gasteiger partial charge in [-0.15, -0.1) is 0 Å². The Hall–Kier alpha value is -3.35. The molecule has 1 fully saturated rings. The van der Waals surface area contributed by atoms with Gasteiger partial charge in [-0.3, -0.25) is 9.59 Å². The number of aromatic nitrogens is 2. The highest BCUT2D eigenvalue weighted by Gasteiger charge is 2.35. The van der Waals surface area contributed by atoms with Crippen molar-refractivity contribution in [2.45, 2.75) is 39.7 Å². The summed E-state index contributed by atoms with van der Waals surface area (Å²) in [5, 5.41) is 0. The van der Waals surface area contributed by atoms with Crippen LogP contribution in [0.1, 0.15) is 38.9 Å². The van der Waals surface area contributed by atoms with Gasteiger partial charge in [0, 0.05) is 37.7 Å². The molecule has 2 amide bonds. The van der Waals surface area contributed by atoms with Gasteiger partial charge >= 0.3 is 0 Å². The number of rotatable bonds is 8. The number of imidazole rings is 1. The molecular formula is C25H30N4O3. The number of anilines is 1. The normalized spacial score (nSPS) is 16.0. The number of likely N-dealkylation sites (N-methyl/N-ethyl adjacent to an activating group) is 1. The fourth-order valence-corrected chi connectivity index (χ4v) is 4.40. The fraction of sp³-hybridized carbons (Fsp3) is 0.400. The van der Waals surface area contributed by atoms with Crippen molar-refractivity contribution in [3.05, 3.63) is 54.4 Å². The molecule has 1 aliphatic heterocycles. The van der Waals surface area contributed by atoms with E-state index in [4.69, 9.17) is 9.72 Å². The molecule has 0 N–H and O–H groups in total. The zero-order chi connectivity index (χ0) is 22.7. The maximum Gasteiger partial charge on any atom is 0.242 e. The molecule has 2 aromatic carbocycles. The van der Waals surface area contributed by atoms with E-state index >= 15 is 0 Å². The zero-order valence-corrected chi connectivity index (χ0v) is 19.0. The Morgan fingerprint density at radius 1 is 1.09 bits per heavy atom. The lowest BCUT2D eigenvalue weighted by Gasteiger charge is -2.21. The molecule has 1 saturated heterocycles. The van der Waals surface area contributed by atoms with Gasteiger partial charge in [-0.05, 0) is 57.2 Å². The lowest BCUT2D eigenvalue weighted by molar-refractivity contribution is -0.131. The summed E-state index contributed by atoms with van der Waals surface area (Å²) in [6.07, 6.45) is 0.371. The molecule has 2 heterocycles. The van der Waals surface area contributed by atoms with Gasteiger partial charge in [-0.2, -0.15) is 0 Å². The van der Waals surface area contributed by atoms with Gasteiger partial charge in [0.2, 0.25) is 11.8 Å². The SMILES string of the molecule is CCOc1ccc(N2CC(c3nc4ccccc4n3CC(=O)N(CC)CC)CC2=O)cc1. The smallest absolute Gasteiger partial charge is 0.242 e. The minimum absolute atomic E-state index is 0.0621. The number of carbonyl (C=O) groups excluding carboxylic acids is 2. The summed E-state index contributed by atoms with van der Waals surface area (Å²) in [7, 11) is 0. The summed E-state index contributed by atoms with van der Waals surface area (Å²) in [5.41, 5.74) is 2.62. The Labute approximate surface area is 188 Å². The Bertz CT molecular complexity index is 1100. The van der Waals surface area contributed by atoms with Gasteiger partial charge in [-0.25, -0.2) is 4.98 Å². The van der Waals surface area contributed by atoms with E-state index in [1.54, 1.807) is 4.90 Å². The second-order valence-corrected chi connectivity index (χ2v) is 7.94. The number of ether oxygens (including phenoxy) is 1. The van der Waals surface area contributed by atoms with Gasteiger partial charge in [-0.1, -0.05) is 12.1 Å². The van der Waals surface area contributed by atoms with Crippen molar-refractivity contribution in [1.29, 1.82) is 0 Å². The number of benzene rings is 2. The molecule has 1 atom stereocenters. The summed E-state index contributed by atoms with van der Waals surface area (Å²) >= 11 is 0. The average Bonchev–Trinajstić information content (AvgIpc) is 3.36. The lowest BCUT2D eigenvalue weighted by atomic mass is 10.1. The van der Waals surface area contributed by atoms with Crippen molar-refractivity contribution in [3.63, 3.8) is 0 Å². The molecule has 7 nitrogen and oxygen atoms in total. The zero-order valence-electron chi connectivity index (χ0n) is 19.0. The minimum atomic E-state index is -0.0778. The number of amides is 2. The molecule has 4 rings (SSSR count). The molecule has 0 spiro atoms. The first kappa shape index (κ1) is 21.9. The highest BCUT2D eigenvalue weighted by molar-refractivity contribution is 5.96. The average molecular weight is 435 g/mol. The van der Waals surface area contributed by atoms with Crippen LogP contribution in [0.15, 0.2) is 48.5 Å². The highest BCUT2D eigenvalue weighted by Crippen LogP contribution is 2.34. The van der Waals surface area contributed by atoms with Crippen LogP contribution in [0.25, 0.3) is 11.0 Å². The van der Waals surface area contributed by atoms with Crippen LogP contribution in [-0.4, -0.2) is 52.5 Å². The first-order chi connectivity index (χ1) is 15.5. The van der Waals surface area contributed by atoms with Crippen molar-refractivity contribution in [2.75, 3.05) is 31.1 Å². The third-order valence-corrected chi connectivity index (χ3v) is 6.04. The number of hydrogen-bond donors (Lipinski definition) is 0. The fourth-order valence-electron chi connectivity index (χ4n) is 4.40. The Morgan fingerprint density at radius 3 is 2.50 bits per heavy atom. The summed E-state index contributed by atoms with van der Waals surface area (Å²) in [6.45, 7) is 8.62. The van der Waals surface area contributed by atoms with Crippen LogP contribution in [0.5, 0.6) is 5.75 Å². The maximum absolute atomic E-state index is 12.9. The van der Waals surface area contributed by atoms with E-state index in [9.17, 15) is 9.59 Å². The molecule has 0 radical (unpaired) electrons. The van der Waals surface area contributed by atoms with Crippen LogP contribution in [0.4, 0.5) is 5.69 Å². The van der Waals surface area contributed by atoms with Crippen LogP contribution in [-0.2, 0) is 16.1 Å². The predicted molar refractivity (Wildman–Crippen MR) is 125 cm³/mol. The molecule has 168 valence electrons. The first-order valence-corrected chi connectivity index (χ1v) is 11.3. The van der Waals surface area contributed by atoms with Gasteiger partial charge in [0.25, 0.3) is 0 Å². The van der Waals surface area contributed by atoms with Crippen molar-refractivity contribution < 1.29 is 14.3 Å². The van der Waals surface area contributed by atoms with Crippen molar-refractivity contribution in [2.24, 2.45) is 0 Å². The first-order valence-electron chi connectivity index (χ1n) is 11.3. The molecule has 1 aromatic heterocycles. The van der Waals surface area contributed by atoms with Crippen molar-refractivity contribution in [3.8, 4) is 5.75 Å². The number of nitrogens with zero attached hydrogens (tertiary/aromatic N) is 4. The van der Waals surface area contributed by atoms with Gasteiger partial charge in [0.05, 0.1) is 17.6 Å². The van der Waals surface area contributed by atoms with E-state index in [2.05, 4.69) is 0 Å². The quantitative estimate of drug-likeness (QED) is 0.541. The summed E-state index contributed by atoms with van der Waals surface area (Å²) in [4.78, 5) is 34.3. The third-order valence-electron chi connectivity index (χ3n) is 6.04. The largest absolute Gasteiger partial charge is 0.494 e. The molecule has 0 bridgehead atoms. The van der Waals surface area contributed by atoms with Gasteiger partial charge in [0.1, 0.15) is 18.1 Å². The molecule has 1 unspecified atom stereocenters. The standard InChI is InChI=1S/C25H30N4O3/c1-4-27(5-2)24(31)17-29-22-10-8-7-9-21(22)26-25(29)18-15-23(30)28(16-18)19-11-13-20(14-12-19)32-6-3/h7-14,18H,4-6,15-17H2,1-3H3. The maximum atomic E-state index is 12.9. The molecule has 3 aromatic rings. The van der Waals surface area contributed by atoms with Crippen LogP contribution < -0.4 is 9.64 Å². The second kappa shape index (κ2) is 9.42. The summed E-state index contributed by atoms with van der Waals surface area (Å²) in [5.74, 6) is 1.63. The highest BCUT2D eigenvalue weighted by atomic mass is 16.5. The lowest BCUT2D eigenvalue weighted by Crippen LogP contribution is -2.34. The van der Waals surface area contributed by atoms with Crippen molar-refractivity contribution in [1.82, 2.24) is 14.5 Å². The van der Waals surface area contributed by atoms with E-state index in [1.807, 2.05) is 78.8 Å². The van der Waals surface area contributed by atoms with Crippen molar-refractivity contribution >= 4 is 28.5 Å². The van der Waals surface area contributed by atoms with E-state index in [0.29, 0.717) is 32.7 Å². The molecule has 1 aliphatic rings. The molecule has 32 heavy (non-hydrogen) atoms. The van der Waals surface area contributed by atoms with Crippen LogP contribution in [0, 0.1) is 0 Å². The number of para-hydroxylation sites is 2. The Morgan fingerprint density at radius 2 is 1.81 bits per heavy atom. The van der Waals surface area contributed by atoms with Crippen LogP contribution in [0.2, 0.25) is 0 Å². The van der Waals surface area contributed by atoms with E-state index in [1.165, 1.54) is 0 Å². The third kappa shape index (κ3) is 4.20. The Kier molecular flexibility index (Phi) is 6.44. The number of fused-ring (bicyclic) bond motifs is 1. The van der Waals surface area contributed by atoms with Gasteiger partial charge in [0.15, 0.2) is 0 Å². The van der Waals surface area contributed by atoms with E-state index in [-0.39, 0.29) is 24.3 Å². The van der Waals surface area contributed by atoms with Crippen LogP contribution >= 0.6 is 0 Å². The van der Waals surface area contributed by atoms with E-state index < -0.39 is 0 Å². The predicted octanol–water partition coefficient (Wildman–Crippen LogP) is 3.82.